The molecule has 5 heteroatoms. The van der Waals surface area contributed by atoms with Gasteiger partial charge in [0.2, 0.25) is 11.8 Å². The Hall–Kier alpha value is -1.10. The third-order valence-corrected chi connectivity index (χ3v) is 2.17. The fourth-order valence-electron chi connectivity index (χ4n) is 1.03. The third kappa shape index (κ3) is 8.23. The maximum absolute atomic E-state index is 11.3. The Labute approximate surface area is 97.2 Å². The minimum atomic E-state index is -0.322. The summed E-state index contributed by atoms with van der Waals surface area (Å²) in [5.74, 6) is -0.0183. The zero-order valence-corrected chi connectivity index (χ0v) is 10.4. The molecule has 0 bridgehead atoms. The zero-order chi connectivity index (χ0) is 12.6. The molecule has 94 valence electrons. The molecule has 4 N–H and O–H groups in total. The largest absolute Gasteiger partial charge is 0.369 e. The average Bonchev–Trinajstić information content (AvgIpc) is 2.20. The van der Waals surface area contributed by atoms with E-state index >= 15 is 0 Å². The lowest BCUT2D eigenvalue weighted by Gasteiger charge is -2.10. The van der Waals surface area contributed by atoms with Crippen molar-refractivity contribution in [2.75, 3.05) is 19.6 Å². The first-order valence-corrected chi connectivity index (χ1v) is 5.70. The normalized spacial score (nSPS) is 12.5. The SMILES string of the molecule is CC(C)CNC(=O)CCNCC(C)C(N)=O. The number of nitrogens with one attached hydrogen (secondary N) is 2. The van der Waals surface area contributed by atoms with E-state index in [2.05, 4.69) is 10.6 Å². The van der Waals surface area contributed by atoms with Gasteiger partial charge in [-0.1, -0.05) is 20.8 Å². The summed E-state index contributed by atoms with van der Waals surface area (Å²) < 4.78 is 0. The molecule has 0 aliphatic carbocycles. The van der Waals surface area contributed by atoms with Crippen LogP contribution in [0.5, 0.6) is 0 Å². The number of carbonyl (C=O) groups is 2. The van der Waals surface area contributed by atoms with Crippen LogP contribution in [0.15, 0.2) is 0 Å². The molecule has 0 saturated carbocycles. The summed E-state index contributed by atoms with van der Waals surface area (Å²) in [5.41, 5.74) is 5.10. The van der Waals surface area contributed by atoms with Gasteiger partial charge in [0.1, 0.15) is 0 Å². The standard InChI is InChI=1S/C11H23N3O2/c1-8(2)6-14-10(15)4-5-13-7-9(3)11(12)16/h8-9,13H,4-7H2,1-3H3,(H2,12,16)(H,14,15). The Morgan fingerprint density at radius 2 is 1.81 bits per heavy atom. The molecule has 1 unspecified atom stereocenters. The van der Waals surface area contributed by atoms with Gasteiger partial charge < -0.3 is 16.4 Å². The number of carbonyl (C=O) groups excluding carboxylic acids is 2. The van der Waals surface area contributed by atoms with Gasteiger partial charge >= 0.3 is 0 Å². The average molecular weight is 229 g/mol. The molecule has 0 fully saturated rings. The minimum Gasteiger partial charge on any atom is -0.369 e. The van der Waals surface area contributed by atoms with Crippen LogP contribution in [0.1, 0.15) is 27.2 Å². The van der Waals surface area contributed by atoms with E-state index in [1.54, 1.807) is 6.92 Å². The van der Waals surface area contributed by atoms with Crippen LogP contribution in [-0.2, 0) is 9.59 Å². The maximum atomic E-state index is 11.3. The molecule has 0 aromatic heterocycles. The van der Waals surface area contributed by atoms with Gasteiger partial charge in [-0.05, 0) is 5.92 Å². The van der Waals surface area contributed by atoms with E-state index in [1.165, 1.54) is 0 Å². The predicted octanol–water partition coefficient (Wildman–Crippen LogP) is -0.140. The zero-order valence-electron chi connectivity index (χ0n) is 10.4. The predicted molar refractivity (Wildman–Crippen MR) is 63.7 cm³/mol. The molecule has 0 spiro atoms. The summed E-state index contributed by atoms with van der Waals surface area (Å²) in [5, 5.41) is 5.85. The number of rotatable bonds is 8. The van der Waals surface area contributed by atoms with Gasteiger partial charge in [-0.2, -0.15) is 0 Å². The van der Waals surface area contributed by atoms with Crippen molar-refractivity contribution in [3.8, 4) is 0 Å². The molecule has 0 saturated heterocycles. The van der Waals surface area contributed by atoms with Crippen LogP contribution in [0.3, 0.4) is 0 Å². The first-order chi connectivity index (χ1) is 7.43. The molecule has 0 radical (unpaired) electrons. The van der Waals surface area contributed by atoms with Crippen molar-refractivity contribution >= 4 is 11.8 Å². The van der Waals surface area contributed by atoms with Gasteiger partial charge in [-0.3, -0.25) is 9.59 Å². The Kier molecular flexibility index (Phi) is 7.54. The van der Waals surface area contributed by atoms with E-state index in [4.69, 9.17) is 5.73 Å². The summed E-state index contributed by atoms with van der Waals surface area (Å²) >= 11 is 0. The topological polar surface area (TPSA) is 84.2 Å². The monoisotopic (exact) mass is 229 g/mol. The lowest BCUT2D eigenvalue weighted by atomic mass is 10.2. The smallest absolute Gasteiger partial charge is 0.221 e. The molecule has 0 aliphatic heterocycles. The summed E-state index contributed by atoms with van der Waals surface area (Å²) in [7, 11) is 0. The van der Waals surface area contributed by atoms with Crippen molar-refractivity contribution in [3.05, 3.63) is 0 Å². The molecule has 16 heavy (non-hydrogen) atoms. The van der Waals surface area contributed by atoms with Crippen LogP contribution in [0.2, 0.25) is 0 Å². The molecule has 0 aromatic carbocycles. The highest BCUT2D eigenvalue weighted by atomic mass is 16.2. The molecular formula is C11H23N3O2. The van der Waals surface area contributed by atoms with Gasteiger partial charge in [-0.25, -0.2) is 0 Å². The van der Waals surface area contributed by atoms with Gasteiger partial charge in [0.15, 0.2) is 0 Å². The first-order valence-electron chi connectivity index (χ1n) is 5.70. The van der Waals surface area contributed by atoms with Crippen molar-refractivity contribution < 1.29 is 9.59 Å². The molecule has 2 amide bonds. The van der Waals surface area contributed by atoms with E-state index in [1.807, 2.05) is 13.8 Å². The van der Waals surface area contributed by atoms with E-state index < -0.39 is 0 Å². The summed E-state index contributed by atoms with van der Waals surface area (Å²) in [6.45, 7) is 7.65. The summed E-state index contributed by atoms with van der Waals surface area (Å²) in [6, 6.07) is 0. The Morgan fingerprint density at radius 3 is 2.31 bits per heavy atom. The molecule has 5 nitrogen and oxygen atoms in total. The third-order valence-electron chi connectivity index (χ3n) is 2.17. The fourth-order valence-corrected chi connectivity index (χ4v) is 1.03. The number of amides is 2. The Balaban J connectivity index is 3.44. The quantitative estimate of drug-likeness (QED) is 0.506. The molecule has 1 atom stereocenters. The number of hydrogen-bond acceptors (Lipinski definition) is 3. The maximum Gasteiger partial charge on any atom is 0.221 e. The van der Waals surface area contributed by atoms with Crippen LogP contribution in [-0.4, -0.2) is 31.4 Å². The van der Waals surface area contributed by atoms with Crippen molar-refractivity contribution in [1.29, 1.82) is 0 Å². The van der Waals surface area contributed by atoms with E-state index in [0.29, 0.717) is 32.0 Å². The van der Waals surface area contributed by atoms with Gasteiger partial charge in [0.25, 0.3) is 0 Å². The second-order valence-electron chi connectivity index (χ2n) is 4.46. The Morgan fingerprint density at radius 1 is 1.19 bits per heavy atom. The second-order valence-corrected chi connectivity index (χ2v) is 4.46. The van der Waals surface area contributed by atoms with Crippen LogP contribution in [0.25, 0.3) is 0 Å². The highest BCUT2D eigenvalue weighted by Crippen LogP contribution is 1.90. The van der Waals surface area contributed by atoms with Crippen molar-refractivity contribution in [3.63, 3.8) is 0 Å². The Bertz CT molecular complexity index is 229. The molecule has 0 aromatic rings. The number of primary amides is 1. The molecular weight excluding hydrogens is 206 g/mol. The van der Waals surface area contributed by atoms with Crippen LogP contribution in [0, 0.1) is 11.8 Å². The van der Waals surface area contributed by atoms with Gasteiger partial charge in [-0.15, -0.1) is 0 Å². The van der Waals surface area contributed by atoms with Crippen LogP contribution >= 0.6 is 0 Å². The van der Waals surface area contributed by atoms with Gasteiger partial charge in [0.05, 0.1) is 0 Å². The first kappa shape index (κ1) is 14.9. The van der Waals surface area contributed by atoms with Crippen LogP contribution < -0.4 is 16.4 Å². The van der Waals surface area contributed by atoms with Crippen LogP contribution in [0.4, 0.5) is 0 Å². The molecule has 0 heterocycles. The van der Waals surface area contributed by atoms with E-state index in [9.17, 15) is 9.59 Å². The fraction of sp³-hybridized carbons (Fsp3) is 0.818. The minimum absolute atomic E-state index is 0.0351. The van der Waals surface area contributed by atoms with Crippen molar-refractivity contribution in [2.24, 2.45) is 17.6 Å². The highest BCUT2D eigenvalue weighted by Gasteiger charge is 2.07. The molecule has 0 rings (SSSR count). The van der Waals surface area contributed by atoms with Crippen molar-refractivity contribution in [1.82, 2.24) is 10.6 Å². The lowest BCUT2D eigenvalue weighted by molar-refractivity contribution is -0.121. The van der Waals surface area contributed by atoms with E-state index in [0.717, 1.165) is 0 Å². The lowest BCUT2D eigenvalue weighted by Crippen LogP contribution is -2.34. The van der Waals surface area contributed by atoms with Crippen molar-refractivity contribution in [2.45, 2.75) is 27.2 Å². The molecule has 0 aliphatic rings. The van der Waals surface area contributed by atoms with Gasteiger partial charge in [0, 0.05) is 32.0 Å². The number of nitrogens with two attached hydrogens (primary N) is 1. The summed E-state index contributed by atoms with van der Waals surface area (Å²) in [4.78, 5) is 22.0. The highest BCUT2D eigenvalue weighted by molar-refractivity contribution is 5.76. The second kappa shape index (κ2) is 8.10. The van der Waals surface area contributed by atoms with E-state index in [-0.39, 0.29) is 17.7 Å². The summed E-state index contributed by atoms with van der Waals surface area (Å²) in [6.07, 6.45) is 0.429. The number of hydrogen-bond donors (Lipinski definition) is 3.